The van der Waals surface area contributed by atoms with Crippen LogP contribution in [0, 0.1) is 13.8 Å². The number of carbonyl (C=O) groups is 2. The van der Waals surface area contributed by atoms with Crippen LogP contribution in [0.3, 0.4) is 0 Å². The SMILES string of the molecule is COc1cc(OC)c(C(=O)O[C@H](C)C(=O)Nc2c(C)nn(C)c2C)cc1OC. The average molecular weight is 391 g/mol. The quantitative estimate of drug-likeness (QED) is 0.723. The summed E-state index contributed by atoms with van der Waals surface area (Å²) in [6.45, 7) is 5.11. The van der Waals surface area contributed by atoms with Crippen molar-refractivity contribution in [2.24, 2.45) is 7.05 Å². The number of nitrogens with one attached hydrogen (secondary N) is 1. The van der Waals surface area contributed by atoms with Crippen LogP contribution in [0.15, 0.2) is 12.1 Å². The Bertz CT molecular complexity index is 890. The van der Waals surface area contributed by atoms with Crippen molar-refractivity contribution in [1.29, 1.82) is 0 Å². The number of benzene rings is 1. The number of amides is 1. The maximum absolute atomic E-state index is 12.6. The standard InChI is InChI=1S/C19H25N3O6/c1-10-17(11(2)22(4)21-10)20-18(23)12(3)28-19(24)13-8-15(26-6)16(27-7)9-14(13)25-5/h8-9,12H,1-7H3,(H,20,23)/t12-/m1/s1. The molecule has 0 fully saturated rings. The highest BCUT2D eigenvalue weighted by Gasteiger charge is 2.25. The summed E-state index contributed by atoms with van der Waals surface area (Å²) in [5, 5.41) is 6.99. The van der Waals surface area contributed by atoms with E-state index in [0.29, 0.717) is 22.9 Å². The van der Waals surface area contributed by atoms with Gasteiger partial charge in [0.25, 0.3) is 5.91 Å². The number of carbonyl (C=O) groups excluding carboxylic acids is 2. The molecule has 1 atom stereocenters. The topological polar surface area (TPSA) is 101 Å². The van der Waals surface area contributed by atoms with Crippen molar-refractivity contribution < 1.29 is 28.5 Å². The highest BCUT2D eigenvalue weighted by molar-refractivity contribution is 5.99. The third-order valence-electron chi connectivity index (χ3n) is 4.34. The first-order valence-corrected chi connectivity index (χ1v) is 8.55. The molecule has 0 saturated carbocycles. The van der Waals surface area contributed by atoms with Crippen LogP contribution in [0.4, 0.5) is 5.69 Å². The first-order chi connectivity index (χ1) is 13.2. The predicted molar refractivity (Wildman–Crippen MR) is 102 cm³/mol. The lowest BCUT2D eigenvalue weighted by Crippen LogP contribution is -2.30. The van der Waals surface area contributed by atoms with Gasteiger partial charge in [-0.15, -0.1) is 0 Å². The largest absolute Gasteiger partial charge is 0.496 e. The van der Waals surface area contributed by atoms with E-state index in [2.05, 4.69) is 10.4 Å². The number of aryl methyl sites for hydroxylation is 2. The molecule has 9 heteroatoms. The summed E-state index contributed by atoms with van der Waals surface area (Å²) in [6.07, 6.45) is -1.04. The van der Waals surface area contributed by atoms with Gasteiger partial charge in [-0.05, 0) is 20.8 Å². The van der Waals surface area contributed by atoms with Crippen LogP contribution in [0.1, 0.15) is 28.7 Å². The lowest BCUT2D eigenvalue weighted by Gasteiger charge is -2.16. The van der Waals surface area contributed by atoms with Crippen LogP contribution < -0.4 is 19.5 Å². The fraction of sp³-hybridized carbons (Fsp3) is 0.421. The number of hydrogen-bond acceptors (Lipinski definition) is 7. The highest BCUT2D eigenvalue weighted by atomic mass is 16.6. The first kappa shape index (κ1) is 21.1. The summed E-state index contributed by atoms with van der Waals surface area (Å²) in [4.78, 5) is 25.1. The van der Waals surface area contributed by atoms with E-state index in [1.54, 1.807) is 18.7 Å². The molecule has 152 valence electrons. The van der Waals surface area contributed by atoms with Crippen molar-refractivity contribution in [3.05, 3.63) is 29.1 Å². The number of methoxy groups -OCH3 is 3. The van der Waals surface area contributed by atoms with E-state index in [1.807, 2.05) is 6.92 Å². The number of rotatable bonds is 7. The molecule has 9 nitrogen and oxygen atoms in total. The van der Waals surface area contributed by atoms with Gasteiger partial charge in [-0.2, -0.15) is 5.10 Å². The van der Waals surface area contributed by atoms with Crippen LogP contribution in [0.2, 0.25) is 0 Å². The molecule has 0 aliphatic carbocycles. The molecule has 1 aromatic heterocycles. The smallest absolute Gasteiger partial charge is 0.342 e. The zero-order valence-electron chi connectivity index (χ0n) is 17.1. The van der Waals surface area contributed by atoms with Gasteiger partial charge >= 0.3 is 5.97 Å². The van der Waals surface area contributed by atoms with Crippen LogP contribution in [0.25, 0.3) is 0 Å². The van der Waals surface area contributed by atoms with Crippen LogP contribution in [-0.2, 0) is 16.6 Å². The first-order valence-electron chi connectivity index (χ1n) is 8.55. The number of esters is 1. The van der Waals surface area contributed by atoms with E-state index in [1.165, 1.54) is 40.4 Å². The molecular weight excluding hydrogens is 366 g/mol. The second kappa shape index (κ2) is 8.64. The number of hydrogen-bond donors (Lipinski definition) is 1. The van der Waals surface area contributed by atoms with Crippen molar-refractivity contribution in [3.8, 4) is 17.2 Å². The van der Waals surface area contributed by atoms with Crippen LogP contribution in [-0.4, -0.2) is 49.1 Å². The highest BCUT2D eigenvalue weighted by Crippen LogP contribution is 2.35. The summed E-state index contributed by atoms with van der Waals surface area (Å²) in [5.41, 5.74) is 2.19. The monoisotopic (exact) mass is 391 g/mol. The van der Waals surface area contributed by atoms with Crippen molar-refractivity contribution >= 4 is 17.6 Å². The second-order valence-electron chi connectivity index (χ2n) is 6.11. The molecule has 1 aromatic carbocycles. The molecule has 0 spiro atoms. The van der Waals surface area contributed by atoms with E-state index in [-0.39, 0.29) is 11.3 Å². The van der Waals surface area contributed by atoms with Crippen molar-refractivity contribution in [3.63, 3.8) is 0 Å². The van der Waals surface area contributed by atoms with Gasteiger partial charge in [-0.1, -0.05) is 0 Å². The Labute approximate surface area is 163 Å². The lowest BCUT2D eigenvalue weighted by atomic mass is 10.1. The third kappa shape index (κ3) is 4.19. The van der Waals surface area contributed by atoms with Crippen molar-refractivity contribution in [1.82, 2.24) is 9.78 Å². The Balaban J connectivity index is 2.18. The third-order valence-corrected chi connectivity index (χ3v) is 4.34. The van der Waals surface area contributed by atoms with E-state index in [4.69, 9.17) is 18.9 Å². The molecule has 1 N–H and O–H groups in total. The Kier molecular flexibility index (Phi) is 6.50. The van der Waals surface area contributed by atoms with E-state index < -0.39 is 18.0 Å². The number of anilines is 1. The van der Waals surface area contributed by atoms with Gasteiger partial charge < -0.3 is 24.3 Å². The molecule has 0 bridgehead atoms. The van der Waals surface area contributed by atoms with Crippen LogP contribution in [0.5, 0.6) is 17.2 Å². The predicted octanol–water partition coefficient (Wildman–Crippen LogP) is 2.25. The van der Waals surface area contributed by atoms with Gasteiger partial charge in [-0.25, -0.2) is 4.79 Å². The number of nitrogens with zero attached hydrogens (tertiary/aromatic N) is 2. The fourth-order valence-corrected chi connectivity index (χ4v) is 2.65. The molecule has 1 heterocycles. The minimum absolute atomic E-state index is 0.119. The lowest BCUT2D eigenvalue weighted by molar-refractivity contribution is -0.123. The average Bonchev–Trinajstić information content (AvgIpc) is 2.92. The minimum Gasteiger partial charge on any atom is -0.496 e. The Hall–Kier alpha value is -3.23. The molecule has 0 aliphatic heterocycles. The Morgan fingerprint density at radius 1 is 1.04 bits per heavy atom. The molecule has 0 saturated heterocycles. The maximum atomic E-state index is 12.6. The minimum atomic E-state index is -1.04. The second-order valence-corrected chi connectivity index (χ2v) is 6.11. The number of aromatic nitrogens is 2. The summed E-state index contributed by atoms with van der Waals surface area (Å²) >= 11 is 0. The summed E-state index contributed by atoms with van der Waals surface area (Å²) in [5.74, 6) is -0.195. The molecular formula is C19H25N3O6. The zero-order valence-corrected chi connectivity index (χ0v) is 17.1. The molecule has 28 heavy (non-hydrogen) atoms. The molecule has 2 rings (SSSR count). The van der Waals surface area contributed by atoms with Crippen molar-refractivity contribution in [2.75, 3.05) is 26.6 Å². The van der Waals surface area contributed by atoms with Gasteiger partial charge in [-0.3, -0.25) is 9.48 Å². The molecule has 0 unspecified atom stereocenters. The van der Waals surface area contributed by atoms with Gasteiger partial charge in [0.1, 0.15) is 11.3 Å². The van der Waals surface area contributed by atoms with E-state index in [0.717, 1.165) is 5.69 Å². The number of ether oxygens (including phenoxy) is 4. The van der Waals surface area contributed by atoms with Gasteiger partial charge in [0, 0.05) is 19.2 Å². The van der Waals surface area contributed by atoms with Crippen molar-refractivity contribution in [2.45, 2.75) is 26.9 Å². The molecule has 1 amide bonds. The van der Waals surface area contributed by atoms with Crippen LogP contribution >= 0.6 is 0 Å². The van der Waals surface area contributed by atoms with E-state index in [9.17, 15) is 9.59 Å². The fourth-order valence-electron chi connectivity index (χ4n) is 2.65. The van der Waals surface area contributed by atoms with E-state index >= 15 is 0 Å². The Morgan fingerprint density at radius 3 is 2.11 bits per heavy atom. The normalized spacial score (nSPS) is 11.5. The van der Waals surface area contributed by atoms with Gasteiger partial charge in [0.05, 0.1) is 38.4 Å². The van der Waals surface area contributed by atoms with Gasteiger partial charge in [0.2, 0.25) is 0 Å². The maximum Gasteiger partial charge on any atom is 0.342 e. The summed E-state index contributed by atoms with van der Waals surface area (Å²) in [7, 11) is 6.13. The molecule has 2 aromatic rings. The summed E-state index contributed by atoms with van der Waals surface area (Å²) in [6, 6.07) is 2.96. The summed E-state index contributed by atoms with van der Waals surface area (Å²) < 4.78 is 22.6. The van der Waals surface area contributed by atoms with Gasteiger partial charge in [0.15, 0.2) is 17.6 Å². The zero-order chi connectivity index (χ0) is 21.0. The molecule has 0 aliphatic rings. The molecule has 0 radical (unpaired) electrons. The Morgan fingerprint density at radius 2 is 1.61 bits per heavy atom.